The van der Waals surface area contributed by atoms with E-state index in [4.69, 9.17) is 11.6 Å². The molecule has 0 aliphatic carbocycles. The zero-order valence-electron chi connectivity index (χ0n) is 11.9. The highest BCUT2D eigenvalue weighted by molar-refractivity contribution is 9.10. The van der Waals surface area contributed by atoms with Gasteiger partial charge < -0.3 is 0 Å². The fourth-order valence-corrected chi connectivity index (χ4v) is 3.50. The van der Waals surface area contributed by atoms with Crippen molar-refractivity contribution < 1.29 is 0 Å². The van der Waals surface area contributed by atoms with Gasteiger partial charge in [0.15, 0.2) is 0 Å². The summed E-state index contributed by atoms with van der Waals surface area (Å²) in [6, 6.07) is 19.1. The quantitative estimate of drug-likeness (QED) is 0.507. The zero-order chi connectivity index (χ0) is 14.8. The predicted molar refractivity (Wildman–Crippen MR) is 95.3 cm³/mol. The lowest BCUT2D eigenvalue weighted by molar-refractivity contribution is 1.12. The Morgan fingerprint density at radius 2 is 1.52 bits per heavy atom. The fourth-order valence-electron chi connectivity index (χ4n) is 2.59. The molecule has 0 spiro atoms. The maximum atomic E-state index is 6.60. The van der Waals surface area contributed by atoms with E-state index in [0.717, 1.165) is 38.7 Å². The minimum Gasteiger partial charge on any atom is -0.0833 e. The second-order valence-electron chi connectivity index (χ2n) is 5.22. The van der Waals surface area contributed by atoms with Crippen molar-refractivity contribution >= 4 is 38.3 Å². The van der Waals surface area contributed by atoms with Crippen LogP contribution in [0.15, 0.2) is 59.1 Å². The lowest BCUT2D eigenvalue weighted by Crippen LogP contribution is -1.92. The molecule has 0 radical (unpaired) electrons. The van der Waals surface area contributed by atoms with E-state index in [1.807, 2.05) is 12.1 Å². The highest BCUT2D eigenvalue weighted by Gasteiger charge is 2.09. The molecule has 0 aliphatic rings. The Morgan fingerprint density at radius 1 is 0.905 bits per heavy atom. The standard InChI is InChI=1S/C19H16BrCl/c1-2-13-7-9-14(10-8-13)11-15-12-18(20)16-5-3-4-6-17(16)19(15)21/h3-10,12H,2,11H2,1H3. The monoisotopic (exact) mass is 358 g/mol. The van der Waals surface area contributed by atoms with Crippen LogP contribution in [0, 0.1) is 0 Å². The van der Waals surface area contributed by atoms with Gasteiger partial charge in [0.2, 0.25) is 0 Å². The van der Waals surface area contributed by atoms with E-state index in [1.165, 1.54) is 11.1 Å². The summed E-state index contributed by atoms with van der Waals surface area (Å²) in [4.78, 5) is 0. The Bertz CT molecular complexity index is 775. The second kappa shape index (κ2) is 6.21. The van der Waals surface area contributed by atoms with E-state index in [2.05, 4.69) is 65.3 Å². The molecule has 0 aliphatic heterocycles. The molecular formula is C19H16BrCl. The summed E-state index contributed by atoms with van der Waals surface area (Å²) in [5.41, 5.74) is 3.81. The SMILES string of the molecule is CCc1ccc(Cc2cc(Br)c3ccccc3c2Cl)cc1. The molecule has 106 valence electrons. The maximum Gasteiger partial charge on any atom is 0.0520 e. The van der Waals surface area contributed by atoms with E-state index < -0.39 is 0 Å². The Balaban J connectivity index is 2.02. The number of halogens is 2. The molecule has 0 bridgehead atoms. The third-order valence-electron chi connectivity index (χ3n) is 3.83. The van der Waals surface area contributed by atoms with Crippen LogP contribution in [-0.2, 0) is 12.8 Å². The van der Waals surface area contributed by atoms with Gasteiger partial charge in [-0.3, -0.25) is 0 Å². The zero-order valence-corrected chi connectivity index (χ0v) is 14.2. The van der Waals surface area contributed by atoms with E-state index in [-0.39, 0.29) is 0 Å². The van der Waals surface area contributed by atoms with Crippen LogP contribution in [0.5, 0.6) is 0 Å². The van der Waals surface area contributed by atoms with Crippen molar-refractivity contribution in [1.82, 2.24) is 0 Å². The maximum absolute atomic E-state index is 6.60. The molecule has 3 aromatic carbocycles. The van der Waals surface area contributed by atoms with Crippen molar-refractivity contribution in [3.8, 4) is 0 Å². The van der Waals surface area contributed by atoms with Crippen LogP contribution in [0.2, 0.25) is 5.02 Å². The molecule has 0 amide bonds. The average molecular weight is 360 g/mol. The molecule has 0 aromatic heterocycles. The Hall–Kier alpha value is -1.31. The van der Waals surface area contributed by atoms with Crippen LogP contribution in [0.1, 0.15) is 23.6 Å². The Kier molecular flexibility index (Phi) is 4.32. The fraction of sp³-hybridized carbons (Fsp3) is 0.158. The largest absolute Gasteiger partial charge is 0.0833 e. The van der Waals surface area contributed by atoms with Crippen molar-refractivity contribution in [1.29, 1.82) is 0 Å². The summed E-state index contributed by atoms with van der Waals surface area (Å²) in [5.74, 6) is 0. The number of hydrogen-bond acceptors (Lipinski definition) is 0. The summed E-state index contributed by atoms with van der Waals surface area (Å²) < 4.78 is 1.10. The highest BCUT2D eigenvalue weighted by Crippen LogP contribution is 2.34. The molecule has 0 N–H and O–H groups in total. The number of hydrogen-bond donors (Lipinski definition) is 0. The first kappa shape index (κ1) is 14.6. The van der Waals surface area contributed by atoms with Crippen molar-refractivity contribution in [3.63, 3.8) is 0 Å². The van der Waals surface area contributed by atoms with Crippen molar-refractivity contribution in [2.45, 2.75) is 19.8 Å². The van der Waals surface area contributed by atoms with Gasteiger partial charge >= 0.3 is 0 Å². The number of rotatable bonds is 3. The van der Waals surface area contributed by atoms with Crippen LogP contribution in [-0.4, -0.2) is 0 Å². The lowest BCUT2D eigenvalue weighted by atomic mass is 10.00. The Morgan fingerprint density at radius 3 is 2.19 bits per heavy atom. The smallest absolute Gasteiger partial charge is 0.0520 e. The molecule has 0 unspecified atom stereocenters. The van der Waals surface area contributed by atoms with Crippen LogP contribution < -0.4 is 0 Å². The van der Waals surface area contributed by atoms with Crippen molar-refractivity contribution in [3.05, 3.63) is 80.8 Å². The summed E-state index contributed by atoms with van der Waals surface area (Å²) in [6.45, 7) is 2.17. The third-order valence-corrected chi connectivity index (χ3v) is 4.93. The molecule has 0 nitrogen and oxygen atoms in total. The second-order valence-corrected chi connectivity index (χ2v) is 6.46. The predicted octanol–water partition coefficient (Wildman–Crippen LogP) is 6.41. The third kappa shape index (κ3) is 3.00. The van der Waals surface area contributed by atoms with Crippen LogP contribution in [0.4, 0.5) is 0 Å². The van der Waals surface area contributed by atoms with E-state index >= 15 is 0 Å². The molecule has 2 heteroatoms. The van der Waals surface area contributed by atoms with Gasteiger partial charge in [0.1, 0.15) is 0 Å². The van der Waals surface area contributed by atoms with E-state index in [9.17, 15) is 0 Å². The van der Waals surface area contributed by atoms with E-state index in [0.29, 0.717) is 0 Å². The van der Waals surface area contributed by atoms with Crippen LogP contribution in [0.3, 0.4) is 0 Å². The molecule has 21 heavy (non-hydrogen) atoms. The summed E-state index contributed by atoms with van der Waals surface area (Å²) >= 11 is 10.3. The number of aryl methyl sites for hydroxylation is 1. The van der Waals surface area contributed by atoms with Crippen LogP contribution >= 0.6 is 27.5 Å². The van der Waals surface area contributed by atoms with Gasteiger partial charge in [-0.2, -0.15) is 0 Å². The highest BCUT2D eigenvalue weighted by atomic mass is 79.9. The van der Waals surface area contributed by atoms with Gasteiger partial charge in [-0.1, -0.05) is 83.0 Å². The van der Waals surface area contributed by atoms with Crippen molar-refractivity contribution in [2.24, 2.45) is 0 Å². The van der Waals surface area contributed by atoms with Gasteiger partial charge in [0.05, 0.1) is 5.02 Å². The van der Waals surface area contributed by atoms with Crippen molar-refractivity contribution in [2.75, 3.05) is 0 Å². The summed E-state index contributed by atoms with van der Waals surface area (Å²) in [6.07, 6.45) is 1.93. The first-order valence-electron chi connectivity index (χ1n) is 7.12. The molecule has 0 saturated carbocycles. The van der Waals surface area contributed by atoms with Gasteiger partial charge in [-0.25, -0.2) is 0 Å². The van der Waals surface area contributed by atoms with Crippen LogP contribution in [0.25, 0.3) is 10.8 Å². The number of fused-ring (bicyclic) bond motifs is 1. The molecule has 0 fully saturated rings. The Labute approximate surface area is 138 Å². The minimum atomic E-state index is 0.853. The first-order valence-corrected chi connectivity index (χ1v) is 8.29. The lowest BCUT2D eigenvalue weighted by Gasteiger charge is -2.10. The normalized spacial score (nSPS) is 11.0. The molecule has 0 heterocycles. The van der Waals surface area contributed by atoms with Gasteiger partial charge in [-0.05, 0) is 41.0 Å². The summed E-state index contributed by atoms with van der Waals surface area (Å²) in [7, 11) is 0. The molecule has 3 rings (SSSR count). The number of benzene rings is 3. The first-order chi connectivity index (χ1) is 10.2. The molecule has 3 aromatic rings. The topological polar surface area (TPSA) is 0 Å². The van der Waals surface area contributed by atoms with E-state index in [1.54, 1.807) is 0 Å². The summed E-state index contributed by atoms with van der Waals surface area (Å²) in [5, 5.41) is 3.12. The minimum absolute atomic E-state index is 0.853. The van der Waals surface area contributed by atoms with Gasteiger partial charge in [0.25, 0.3) is 0 Å². The molecule has 0 atom stereocenters. The van der Waals surface area contributed by atoms with Gasteiger partial charge in [0, 0.05) is 9.86 Å². The molecular weight excluding hydrogens is 344 g/mol. The average Bonchev–Trinajstić information content (AvgIpc) is 2.53. The van der Waals surface area contributed by atoms with Gasteiger partial charge in [-0.15, -0.1) is 0 Å². The molecule has 0 saturated heterocycles.